The first-order valence-electron chi connectivity index (χ1n) is 6.90. The highest BCUT2D eigenvalue weighted by atomic mass is 16.5. The number of ether oxygens (including phenoxy) is 1. The van der Waals surface area contributed by atoms with E-state index in [1.165, 1.54) is 5.56 Å². The Morgan fingerprint density at radius 1 is 1.32 bits per heavy atom. The molecule has 4 nitrogen and oxygen atoms in total. The molecule has 0 bridgehead atoms. The van der Waals surface area contributed by atoms with E-state index < -0.39 is 0 Å². The van der Waals surface area contributed by atoms with Crippen LogP contribution in [0.2, 0.25) is 0 Å². The number of guanidine groups is 1. The van der Waals surface area contributed by atoms with Crippen molar-refractivity contribution in [3.63, 3.8) is 0 Å². The molecule has 1 heterocycles. The second kappa shape index (κ2) is 5.51. The molecule has 1 unspecified atom stereocenters. The van der Waals surface area contributed by atoms with Gasteiger partial charge in [-0.25, -0.2) is 0 Å². The molecule has 0 fully saturated rings. The van der Waals surface area contributed by atoms with Crippen LogP contribution >= 0.6 is 0 Å². The van der Waals surface area contributed by atoms with Crippen LogP contribution in [-0.4, -0.2) is 31.1 Å². The van der Waals surface area contributed by atoms with Crippen LogP contribution in [-0.2, 0) is 5.54 Å². The maximum atomic E-state index is 6.06. The quantitative estimate of drug-likeness (QED) is 0.885. The summed E-state index contributed by atoms with van der Waals surface area (Å²) in [7, 11) is 1.69. The third-order valence-corrected chi connectivity index (χ3v) is 3.96. The zero-order valence-corrected chi connectivity index (χ0v) is 12.0. The van der Waals surface area contributed by atoms with E-state index in [1.807, 2.05) is 12.1 Å². The fourth-order valence-electron chi connectivity index (χ4n) is 2.81. The van der Waals surface area contributed by atoms with Gasteiger partial charge in [-0.1, -0.05) is 26.0 Å². The lowest BCUT2D eigenvalue weighted by molar-refractivity contribution is 0.194. The summed E-state index contributed by atoms with van der Waals surface area (Å²) < 4.78 is 5.23. The highest BCUT2D eigenvalue weighted by Crippen LogP contribution is 2.36. The second-order valence-corrected chi connectivity index (χ2v) is 4.94. The minimum atomic E-state index is -0.0909. The standard InChI is InChI=1S/C15H23N3O/c1-4-10-18-14(16)17-11-15(18,5-2)12-6-8-13(19-3)9-7-12/h6-9H,4-5,10-11H2,1-3H3,(H2,16,17). The van der Waals surface area contributed by atoms with E-state index in [1.54, 1.807) is 7.11 Å². The van der Waals surface area contributed by atoms with Gasteiger partial charge in [0.1, 0.15) is 5.75 Å². The minimum absolute atomic E-state index is 0.0909. The molecule has 1 atom stereocenters. The van der Waals surface area contributed by atoms with Crippen LogP contribution in [0.5, 0.6) is 5.75 Å². The van der Waals surface area contributed by atoms with Crippen molar-refractivity contribution in [3.8, 4) is 5.75 Å². The van der Waals surface area contributed by atoms with E-state index in [4.69, 9.17) is 10.5 Å². The molecule has 0 aliphatic carbocycles. The molecule has 1 aromatic rings. The Morgan fingerprint density at radius 2 is 2.00 bits per heavy atom. The lowest BCUT2D eigenvalue weighted by Gasteiger charge is -2.39. The highest BCUT2D eigenvalue weighted by molar-refractivity contribution is 5.81. The van der Waals surface area contributed by atoms with Crippen molar-refractivity contribution < 1.29 is 4.74 Å². The van der Waals surface area contributed by atoms with E-state index in [9.17, 15) is 0 Å². The van der Waals surface area contributed by atoms with Gasteiger partial charge in [-0.2, -0.15) is 0 Å². The van der Waals surface area contributed by atoms with E-state index in [2.05, 4.69) is 35.9 Å². The van der Waals surface area contributed by atoms with Gasteiger partial charge < -0.3 is 15.4 Å². The molecule has 0 saturated carbocycles. The molecule has 2 N–H and O–H groups in total. The lowest BCUT2D eigenvalue weighted by Crippen LogP contribution is -2.49. The first kappa shape index (κ1) is 13.7. The first-order valence-corrected chi connectivity index (χ1v) is 6.90. The van der Waals surface area contributed by atoms with Gasteiger partial charge >= 0.3 is 0 Å². The predicted molar refractivity (Wildman–Crippen MR) is 78.4 cm³/mol. The molecule has 19 heavy (non-hydrogen) atoms. The summed E-state index contributed by atoms with van der Waals surface area (Å²) in [4.78, 5) is 6.71. The fourth-order valence-corrected chi connectivity index (χ4v) is 2.81. The maximum absolute atomic E-state index is 6.06. The van der Waals surface area contributed by atoms with Crippen LogP contribution < -0.4 is 10.5 Å². The molecule has 0 spiro atoms. The zero-order chi connectivity index (χ0) is 13.9. The van der Waals surface area contributed by atoms with Crippen molar-refractivity contribution in [2.75, 3.05) is 20.2 Å². The Hall–Kier alpha value is -1.71. The largest absolute Gasteiger partial charge is 0.497 e. The summed E-state index contributed by atoms with van der Waals surface area (Å²) in [5.74, 6) is 1.54. The van der Waals surface area contributed by atoms with Gasteiger partial charge in [0.15, 0.2) is 5.96 Å². The number of nitrogens with two attached hydrogens (primary N) is 1. The third-order valence-electron chi connectivity index (χ3n) is 3.96. The molecule has 104 valence electrons. The van der Waals surface area contributed by atoms with Crippen molar-refractivity contribution >= 4 is 5.96 Å². The Labute approximate surface area is 115 Å². The molecule has 0 amide bonds. The molecule has 4 heteroatoms. The van der Waals surface area contributed by atoms with Gasteiger partial charge in [0.25, 0.3) is 0 Å². The fraction of sp³-hybridized carbons (Fsp3) is 0.533. The lowest BCUT2D eigenvalue weighted by atomic mass is 9.86. The normalized spacial score (nSPS) is 22.5. The molecule has 0 radical (unpaired) electrons. The number of nitrogens with zero attached hydrogens (tertiary/aromatic N) is 2. The second-order valence-electron chi connectivity index (χ2n) is 4.94. The summed E-state index contributed by atoms with van der Waals surface area (Å²) in [6.45, 7) is 6.04. The van der Waals surface area contributed by atoms with Gasteiger partial charge in [0.2, 0.25) is 0 Å². The topological polar surface area (TPSA) is 50.8 Å². The molecule has 1 aliphatic heterocycles. The third kappa shape index (κ3) is 2.27. The van der Waals surface area contributed by atoms with Crippen LogP contribution in [0.3, 0.4) is 0 Å². The Bertz CT molecular complexity index is 455. The van der Waals surface area contributed by atoms with Crippen molar-refractivity contribution in [1.82, 2.24) is 4.90 Å². The Balaban J connectivity index is 2.36. The summed E-state index contributed by atoms with van der Waals surface area (Å²) >= 11 is 0. The highest BCUT2D eigenvalue weighted by Gasteiger charge is 2.41. The van der Waals surface area contributed by atoms with E-state index in [0.29, 0.717) is 5.96 Å². The van der Waals surface area contributed by atoms with Gasteiger partial charge in [0.05, 0.1) is 19.2 Å². The van der Waals surface area contributed by atoms with E-state index in [0.717, 1.165) is 31.7 Å². The van der Waals surface area contributed by atoms with Gasteiger partial charge in [-0.15, -0.1) is 0 Å². The van der Waals surface area contributed by atoms with E-state index in [-0.39, 0.29) is 5.54 Å². The number of methoxy groups -OCH3 is 1. The Morgan fingerprint density at radius 3 is 2.53 bits per heavy atom. The number of hydrogen-bond donors (Lipinski definition) is 1. The van der Waals surface area contributed by atoms with E-state index >= 15 is 0 Å². The van der Waals surface area contributed by atoms with Crippen molar-refractivity contribution in [3.05, 3.63) is 29.8 Å². The number of aliphatic imine (C=N–C) groups is 1. The predicted octanol–water partition coefficient (Wildman–Crippen LogP) is 2.34. The summed E-state index contributed by atoms with van der Waals surface area (Å²) in [5.41, 5.74) is 7.23. The molecular weight excluding hydrogens is 238 g/mol. The summed E-state index contributed by atoms with van der Waals surface area (Å²) in [6, 6.07) is 8.26. The summed E-state index contributed by atoms with van der Waals surface area (Å²) in [6.07, 6.45) is 2.05. The molecule has 2 rings (SSSR count). The number of rotatable bonds is 5. The molecule has 1 aromatic carbocycles. The SMILES string of the molecule is CCCN1C(N)=NCC1(CC)c1ccc(OC)cc1. The average molecular weight is 261 g/mol. The van der Waals surface area contributed by atoms with Crippen LogP contribution in [0.15, 0.2) is 29.3 Å². The summed E-state index contributed by atoms with van der Waals surface area (Å²) in [5, 5.41) is 0. The van der Waals surface area contributed by atoms with Gasteiger partial charge in [0, 0.05) is 6.54 Å². The molecular formula is C15H23N3O. The van der Waals surface area contributed by atoms with Crippen molar-refractivity contribution in [2.45, 2.75) is 32.2 Å². The van der Waals surface area contributed by atoms with Crippen LogP contribution in [0.25, 0.3) is 0 Å². The zero-order valence-electron chi connectivity index (χ0n) is 12.0. The van der Waals surface area contributed by atoms with Crippen molar-refractivity contribution in [1.29, 1.82) is 0 Å². The minimum Gasteiger partial charge on any atom is -0.497 e. The monoisotopic (exact) mass is 261 g/mol. The smallest absolute Gasteiger partial charge is 0.192 e. The van der Waals surface area contributed by atoms with Crippen molar-refractivity contribution in [2.24, 2.45) is 10.7 Å². The van der Waals surface area contributed by atoms with Crippen LogP contribution in [0.4, 0.5) is 0 Å². The van der Waals surface area contributed by atoms with Crippen LogP contribution in [0, 0.1) is 0 Å². The number of benzene rings is 1. The maximum Gasteiger partial charge on any atom is 0.192 e. The average Bonchev–Trinajstić information content (AvgIpc) is 2.78. The molecule has 0 saturated heterocycles. The molecule has 1 aliphatic rings. The molecule has 0 aromatic heterocycles. The first-order chi connectivity index (χ1) is 9.17. The van der Waals surface area contributed by atoms with Crippen LogP contribution in [0.1, 0.15) is 32.3 Å². The van der Waals surface area contributed by atoms with Gasteiger partial charge in [-0.05, 0) is 30.5 Å². The Kier molecular flexibility index (Phi) is 3.98. The van der Waals surface area contributed by atoms with Gasteiger partial charge in [-0.3, -0.25) is 4.99 Å². The number of hydrogen-bond acceptors (Lipinski definition) is 4.